The fraction of sp³-hybridized carbons (Fsp3) is 0.0526. The molecule has 0 unspecified atom stereocenters. The third kappa shape index (κ3) is 3.34. The minimum Gasteiger partial charge on any atom is -0.420 e. The first kappa shape index (κ1) is 17.2. The quantitative estimate of drug-likeness (QED) is 0.359. The van der Waals surface area contributed by atoms with Crippen molar-refractivity contribution in [3.8, 4) is 22.9 Å². The van der Waals surface area contributed by atoms with Crippen LogP contribution in [0.2, 0.25) is 0 Å². The van der Waals surface area contributed by atoms with Crippen LogP contribution in [-0.2, 0) is 5.75 Å². The summed E-state index contributed by atoms with van der Waals surface area (Å²) in [6.07, 6.45) is 1.87. The van der Waals surface area contributed by atoms with Crippen LogP contribution in [0.5, 0.6) is 0 Å². The van der Waals surface area contributed by atoms with E-state index in [1.807, 2.05) is 54.7 Å². The lowest BCUT2D eigenvalue weighted by Gasteiger charge is -1.94. The Labute approximate surface area is 171 Å². The first-order valence-corrected chi connectivity index (χ1v) is 10.2. The third-order valence-corrected chi connectivity index (χ3v) is 5.44. The van der Waals surface area contributed by atoms with Crippen LogP contribution in [0.15, 0.2) is 73.3 Å². The summed E-state index contributed by atoms with van der Waals surface area (Å²) < 4.78 is 12.5. The molecule has 138 valence electrons. The molecule has 28 heavy (non-hydrogen) atoms. The zero-order valence-corrected chi connectivity index (χ0v) is 16.7. The Hall–Kier alpha value is -2.91. The molecule has 0 bridgehead atoms. The third-order valence-electron chi connectivity index (χ3n) is 4.10. The monoisotopic (exact) mass is 453 g/mol. The van der Waals surface area contributed by atoms with Gasteiger partial charge in [0.15, 0.2) is 0 Å². The summed E-state index contributed by atoms with van der Waals surface area (Å²) in [6.45, 7) is 0. The maximum Gasteiger partial charge on any atom is 0.277 e. The van der Waals surface area contributed by atoms with E-state index in [9.17, 15) is 0 Å². The SMILES string of the molecule is Brc1ccc(-c2nnc(CSc3nnc(-c4c[nH]c5ccccc45)o3)o2)cc1. The molecule has 5 rings (SSSR count). The van der Waals surface area contributed by atoms with Crippen molar-refractivity contribution in [2.75, 3.05) is 0 Å². The van der Waals surface area contributed by atoms with E-state index in [0.717, 1.165) is 26.5 Å². The zero-order valence-electron chi connectivity index (χ0n) is 14.3. The second-order valence-corrected chi connectivity index (χ2v) is 7.76. The normalized spacial score (nSPS) is 11.3. The van der Waals surface area contributed by atoms with Crippen LogP contribution in [0.4, 0.5) is 0 Å². The highest BCUT2D eigenvalue weighted by Crippen LogP contribution is 2.30. The molecule has 0 fully saturated rings. The molecule has 0 saturated carbocycles. The number of benzene rings is 2. The van der Waals surface area contributed by atoms with Gasteiger partial charge in [0.2, 0.25) is 11.8 Å². The maximum absolute atomic E-state index is 5.79. The molecule has 3 heterocycles. The average Bonchev–Trinajstić information content (AvgIpc) is 3.46. The van der Waals surface area contributed by atoms with Gasteiger partial charge in [-0.25, -0.2) is 0 Å². The molecule has 0 aliphatic rings. The van der Waals surface area contributed by atoms with Crippen LogP contribution >= 0.6 is 27.7 Å². The van der Waals surface area contributed by atoms with Gasteiger partial charge >= 0.3 is 0 Å². The number of aromatic nitrogens is 5. The summed E-state index contributed by atoms with van der Waals surface area (Å²) in [7, 11) is 0. The van der Waals surface area contributed by atoms with Gasteiger partial charge in [-0.15, -0.1) is 20.4 Å². The second-order valence-electron chi connectivity index (χ2n) is 5.92. The Morgan fingerprint density at radius 2 is 1.71 bits per heavy atom. The van der Waals surface area contributed by atoms with Gasteiger partial charge in [-0.2, -0.15) is 0 Å². The Balaban J connectivity index is 1.30. The molecule has 1 N–H and O–H groups in total. The fourth-order valence-corrected chi connectivity index (χ4v) is 3.63. The van der Waals surface area contributed by atoms with Gasteiger partial charge < -0.3 is 13.8 Å². The lowest BCUT2D eigenvalue weighted by atomic mass is 10.2. The molecule has 0 aliphatic heterocycles. The Morgan fingerprint density at radius 3 is 2.61 bits per heavy atom. The number of hydrogen-bond acceptors (Lipinski definition) is 7. The summed E-state index contributed by atoms with van der Waals surface area (Å²) in [5.74, 6) is 1.89. The minimum absolute atomic E-state index is 0.443. The number of thioether (sulfide) groups is 1. The summed E-state index contributed by atoms with van der Waals surface area (Å²) in [6, 6.07) is 15.7. The first-order chi connectivity index (χ1) is 13.8. The van der Waals surface area contributed by atoms with E-state index < -0.39 is 0 Å². The largest absolute Gasteiger partial charge is 0.420 e. The van der Waals surface area contributed by atoms with E-state index in [1.165, 1.54) is 11.8 Å². The van der Waals surface area contributed by atoms with Gasteiger partial charge in [0.05, 0.1) is 11.3 Å². The molecule has 7 nitrogen and oxygen atoms in total. The van der Waals surface area contributed by atoms with Crippen LogP contribution in [0, 0.1) is 0 Å². The number of fused-ring (bicyclic) bond motifs is 1. The van der Waals surface area contributed by atoms with Crippen molar-refractivity contribution >= 4 is 38.6 Å². The van der Waals surface area contributed by atoms with Crippen LogP contribution in [0.25, 0.3) is 33.8 Å². The van der Waals surface area contributed by atoms with E-state index >= 15 is 0 Å². The lowest BCUT2D eigenvalue weighted by molar-refractivity contribution is 0.464. The summed E-state index contributed by atoms with van der Waals surface area (Å²) in [4.78, 5) is 3.20. The molecular weight excluding hydrogens is 442 g/mol. The molecule has 9 heteroatoms. The average molecular weight is 454 g/mol. The Kier molecular flexibility index (Phi) is 4.46. The molecule has 0 spiro atoms. The van der Waals surface area contributed by atoms with E-state index in [4.69, 9.17) is 8.83 Å². The summed E-state index contributed by atoms with van der Waals surface area (Å²) >= 11 is 4.76. The highest BCUT2D eigenvalue weighted by molar-refractivity contribution is 9.10. The Bertz CT molecular complexity index is 1240. The van der Waals surface area contributed by atoms with Crippen molar-refractivity contribution in [1.82, 2.24) is 25.4 Å². The number of halogens is 1. The van der Waals surface area contributed by atoms with Crippen LogP contribution in [0.1, 0.15) is 5.89 Å². The number of H-pyrrole nitrogens is 1. The standard InChI is InChI=1S/C19H12BrN5O2S/c20-12-7-5-11(6-8-12)17-23-22-16(26-17)10-28-19-25-24-18(27-19)14-9-21-15-4-2-1-3-13(14)15/h1-9,21H,10H2. The molecule has 3 aromatic heterocycles. The van der Waals surface area contributed by atoms with Gasteiger partial charge in [-0.1, -0.05) is 45.9 Å². The van der Waals surface area contributed by atoms with E-state index in [-0.39, 0.29) is 0 Å². The number of nitrogens with one attached hydrogen (secondary N) is 1. The van der Waals surface area contributed by atoms with Gasteiger partial charge in [-0.3, -0.25) is 0 Å². The molecule has 0 aliphatic carbocycles. The predicted octanol–water partition coefficient (Wildman–Crippen LogP) is 5.32. The topological polar surface area (TPSA) is 93.6 Å². The first-order valence-electron chi connectivity index (χ1n) is 8.37. The number of rotatable bonds is 5. The van der Waals surface area contributed by atoms with Crippen molar-refractivity contribution in [1.29, 1.82) is 0 Å². The van der Waals surface area contributed by atoms with E-state index in [1.54, 1.807) is 0 Å². The van der Waals surface area contributed by atoms with Crippen molar-refractivity contribution in [2.24, 2.45) is 0 Å². The molecule has 0 amide bonds. The zero-order chi connectivity index (χ0) is 18.9. The smallest absolute Gasteiger partial charge is 0.277 e. The summed E-state index contributed by atoms with van der Waals surface area (Å²) in [5.41, 5.74) is 2.77. The van der Waals surface area contributed by atoms with Gasteiger partial charge in [0.1, 0.15) is 0 Å². The lowest BCUT2D eigenvalue weighted by Crippen LogP contribution is -1.80. The minimum atomic E-state index is 0.443. The molecule has 2 aromatic carbocycles. The molecule has 0 atom stereocenters. The molecule has 5 aromatic rings. The number of aromatic amines is 1. The molecular formula is C19H12BrN5O2S. The van der Waals surface area contributed by atoms with Gasteiger partial charge in [0, 0.05) is 27.1 Å². The summed E-state index contributed by atoms with van der Waals surface area (Å²) in [5, 5.41) is 17.9. The van der Waals surface area contributed by atoms with Crippen molar-refractivity contribution < 1.29 is 8.83 Å². The van der Waals surface area contributed by atoms with E-state index in [2.05, 4.69) is 41.3 Å². The molecule has 0 radical (unpaired) electrons. The van der Waals surface area contributed by atoms with Crippen molar-refractivity contribution in [2.45, 2.75) is 11.0 Å². The molecule has 0 saturated heterocycles. The Morgan fingerprint density at radius 1 is 0.893 bits per heavy atom. The highest BCUT2D eigenvalue weighted by atomic mass is 79.9. The van der Waals surface area contributed by atoms with Crippen LogP contribution in [0.3, 0.4) is 0 Å². The number of hydrogen-bond donors (Lipinski definition) is 1. The second kappa shape index (κ2) is 7.25. The van der Waals surface area contributed by atoms with Crippen LogP contribution < -0.4 is 0 Å². The van der Waals surface area contributed by atoms with E-state index in [0.29, 0.717) is 28.6 Å². The highest BCUT2D eigenvalue weighted by Gasteiger charge is 2.15. The predicted molar refractivity (Wildman–Crippen MR) is 109 cm³/mol. The van der Waals surface area contributed by atoms with Gasteiger partial charge in [-0.05, 0) is 30.3 Å². The maximum atomic E-state index is 5.79. The number of nitrogens with zero attached hydrogens (tertiary/aromatic N) is 4. The van der Waals surface area contributed by atoms with Crippen molar-refractivity contribution in [3.05, 3.63) is 65.1 Å². The fourth-order valence-electron chi connectivity index (χ4n) is 2.77. The van der Waals surface area contributed by atoms with Crippen LogP contribution in [-0.4, -0.2) is 25.4 Å². The number of para-hydroxylation sites is 1. The van der Waals surface area contributed by atoms with Gasteiger partial charge in [0.25, 0.3) is 11.1 Å². The van der Waals surface area contributed by atoms with Crippen molar-refractivity contribution in [3.63, 3.8) is 0 Å².